The molecule has 0 atom stereocenters. The molecule has 0 aliphatic carbocycles. The number of amides is 2. The average molecular weight is 360 g/mol. The van der Waals surface area contributed by atoms with Gasteiger partial charge < -0.3 is 15.7 Å². The van der Waals surface area contributed by atoms with Crippen LogP contribution in [0, 0.1) is 0 Å². The molecule has 0 spiro atoms. The number of carbonyl (C=O) groups is 2. The Morgan fingerprint density at radius 1 is 0.667 bits per heavy atom. The molecule has 0 unspecified atom stereocenters. The minimum atomic E-state index is -0.299. The van der Waals surface area contributed by atoms with Crippen molar-refractivity contribution >= 4 is 11.8 Å². The van der Waals surface area contributed by atoms with E-state index in [2.05, 4.69) is 10.6 Å². The van der Waals surface area contributed by atoms with Gasteiger partial charge in [0.15, 0.2) is 0 Å². The van der Waals surface area contributed by atoms with E-state index >= 15 is 0 Å². The molecule has 136 valence electrons. The van der Waals surface area contributed by atoms with E-state index in [0.29, 0.717) is 24.2 Å². The number of hydrogen-bond donors (Lipinski definition) is 3. The Morgan fingerprint density at radius 3 is 1.89 bits per heavy atom. The summed E-state index contributed by atoms with van der Waals surface area (Å²) in [6.45, 7) is 0.603. The van der Waals surface area contributed by atoms with Crippen LogP contribution in [0.3, 0.4) is 0 Å². The molecule has 0 heterocycles. The standard InChI is InChI=1S/C22H20N2O3/c25-20-8-4-7-19(15-20)22(27)24-14-13-23-21(26)18-11-9-17(10-12-18)16-5-2-1-3-6-16/h1-12,15,25H,13-14H2,(H,23,26)(H,24,27). The van der Waals surface area contributed by atoms with Crippen molar-refractivity contribution in [3.05, 3.63) is 90.0 Å². The van der Waals surface area contributed by atoms with E-state index in [1.54, 1.807) is 24.3 Å². The van der Waals surface area contributed by atoms with Crippen LogP contribution in [0.4, 0.5) is 0 Å². The van der Waals surface area contributed by atoms with Gasteiger partial charge in [-0.3, -0.25) is 9.59 Å². The molecule has 2 amide bonds. The number of nitrogens with one attached hydrogen (secondary N) is 2. The van der Waals surface area contributed by atoms with Gasteiger partial charge in [0.05, 0.1) is 0 Å². The third-order valence-electron chi connectivity index (χ3n) is 4.06. The first-order valence-electron chi connectivity index (χ1n) is 8.64. The monoisotopic (exact) mass is 360 g/mol. The van der Waals surface area contributed by atoms with Crippen LogP contribution in [-0.4, -0.2) is 30.0 Å². The second-order valence-electron chi connectivity index (χ2n) is 6.01. The predicted octanol–water partition coefficient (Wildman–Crippen LogP) is 3.22. The molecule has 0 radical (unpaired) electrons. The van der Waals surface area contributed by atoms with E-state index in [1.165, 1.54) is 12.1 Å². The Kier molecular flexibility index (Phi) is 5.84. The van der Waals surface area contributed by atoms with Crippen molar-refractivity contribution < 1.29 is 14.7 Å². The van der Waals surface area contributed by atoms with Crippen LogP contribution < -0.4 is 10.6 Å². The predicted molar refractivity (Wildman–Crippen MR) is 105 cm³/mol. The van der Waals surface area contributed by atoms with Gasteiger partial charge in [0.2, 0.25) is 0 Å². The fraction of sp³-hybridized carbons (Fsp3) is 0.0909. The van der Waals surface area contributed by atoms with Crippen LogP contribution in [0.2, 0.25) is 0 Å². The summed E-state index contributed by atoms with van der Waals surface area (Å²) in [5.74, 6) is -0.455. The molecule has 3 rings (SSSR count). The summed E-state index contributed by atoms with van der Waals surface area (Å²) in [6.07, 6.45) is 0. The van der Waals surface area contributed by atoms with Gasteiger partial charge in [-0.15, -0.1) is 0 Å². The third kappa shape index (κ3) is 4.95. The Labute approximate surface area is 157 Å². The molecule has 0 saturated carbocycles. The summed E-state index contributed by atoms with van der Waals surface area (Å²) in [4.78, 5) is 24.1. The van der Waals surface area contributed by atoms with E-state index in [1.807, 2.05) is 42.5 Å². The maximum Gasteiger partial charge on any atom is 0.251 e. The molecule has 5 nitrogen and oxygen atoms in total. The van der Waals surface area contributed by atoms with Gasteiger partial charge in [-0.2, -0.15) is 0 Å². The maximum absolute atomic E-state index is 12.2. The second kappa shape index (κ2) is 8.67. The molecule has 0 bridgehead atoms. The van der Waals surface area contributed by atoms with Gasteiger partial charge in [0.1, 0.15) is 5.75 Å². The highest BCUT2D eigenvalue weighted by Crippen LogP contribution is 2.19. The largest absolute Gasteiger partial charge is 0.508 e. The molecule has 0 aromatic heterocycles. The Hall–Kier alpha value is -3.60. The van der Waals surface area contributed by atoms with Crippen molar-refractivity contribution in [1.29, 1.82) is 0 Å². The van der Waals surface area contributed by atoms with Gasteiger partial charge in [-0.05, 0) is 41.5 Å². The lowest BCUT2D eigenvalue weighted by molar-refractivity contribution is 0.0927. The topological polar surface area (TPSA) is 78.4 Å². The zero-order valence-electron chi connectivity index (χ0n) is 14.7. The molecule has 0 aliphatic rings. The maximum atomic E-state index is 12.2. The van der Waals surface area contributed by atoms with Crippen molar-refractivity contribution in [3.8, 4) is 16.9 Å². The van der Waals surface area contributed by atoms with Gasteiger partial charge in [-0.25, -0.2) is 0 Å². The molecule has 0 aliphatic heterocycles. The number of phenols is 1. The minimum absolute atomic E-state index is 0.0369. The fourth-order valence-electron chi connectivity index (χ4n) is 2.65. The van der Waals surface area contributed by atoms with E-state index in [-0.39, 0.29) is 17.6 Å². The summed E-state index contributed by atoms with van der Waals surface area (Å²) in [6, 6.07) is 23.4. The van der Waals surface area contributed by atoms with Gasteiger partial charge in [0, 0.05) is 24.2 Å². The Bertz CT molecular complexity index is 922. The summed E-state index contributed by atoms with van der Waals surface area (Å²) < 4.78 is 0. The highest BCUT2D eigenvalue weighted by molar-refractivity contribution is 5.95. The summed E-state index contributed by atoms with van der Waals surface area (Å²) in [5.41, 5.74) is 3.08. The lowest BCUT2D eigenvalue weighted by Gasteiger charge is -2.08. The van der Waals surface area contributed by atoms with Crippen LogP contribution in [0.15, 0.2) is 78.9 Å². The molecule has 0 fully saturated rings. The lowest BCUT2D eigenvalue weighted by atomic mass is 10.0. The van der Waals surface area contributed by atoms with E-state index < -0.39 is 0 Å². The fourth-order valence-corrected chi connectivity index (χ4v) is 2.65. The Morgan fingerprint density at radius 2 is 1.26 bits per heavy atom. The molecular formula is C22H20N2O3. The first kappa shape index (κ1) is 18.2. The van der Waals surface area contributed by atoms with Crippen molar-refractivity contribution in [2.75, 3.05) is 13.1 Å². The summed E-state index contributed by atoms with van der Waals surface area (Å²) in [5, 5.41) is 14.9. The van der Waals surface area contributed by atoms with Crippen LogP contribution in [0.1, 0.15) is 20.7 Å². The molecule has 3 aromatic carbocycles. The summed E-state index contributed by atoms with van der Waals surface area (Å²) in [7, 11) is 0. The minimum Gasteiger partial charge on any atom is -0.508 e. The van der Waals surface area contributed by atoms with Crippen LogP contribution in [-0.2, 0) is 0 Å². The first-order chi connectivity index (χ1) is 13.1. The Balaban J connectivity index is 1.47. The van der Waals surface area contributed by atoms with Crippen molar-refractivity contribution in [3.63, 3.8) is 0 Å². The first-order valence-corrected chi connectivity index (χ1v) is 8.64. The molecule has 27 heavy (non-hydrogen) atoms. The highest BCUT2D eigenvalue weighted by Gasteiger charge is 2.07. The lowest BCUT2D eigenvalue weighted by Crippen LogP contribution is -2.34. The zero-order chi connectivity index (χ0) is 19.1. The SMILES string of the molecule is O=C(NCCNC(=O)c1cccc(O)c1)c1ccc(-c2ccccc2)cc1. The summed E-state index contributed by atoms with van der Waals surface area (Å²) >= 11 is 0. The van der Waals surface area contributed by atoms with E-state index in [4.69, 9.17) is 0 Å². The van der Waals surface area contributed by atoms with E-state index in [0.717, 1.165) is 11.1 Å². The van der Waals surface area contributed by atoms with Gasteiger partial charge in [-0.1, -0.05) is 48.5 Å². The van der Waals surface area contributed by atoms with Crippen molar-refractivity contribution in [2.45, 2.75) is 0 Å². The molecule has 5 heteroatoms. The van der Waals surface area contributed by atoms with Crippen LogP contribution >= 0.6 is 0 Å². The zero-order valence-corrected chi connectivity index (χ0v) is 14.7. The number of carbonyl (C=O) groups excluding carboxylic acids is 2. The number of benzene rings is 3. The van der Waals surface area contributed by atoms with Crippen molar-refractivity contribution in [2.24, 2.45) is 0 Å². The molecular weight excluding hydrogens is 340 g/mol. The molecule has 3 aromatic rings. The quantitative estimate of drug-likeness (QED) is 0.591. The second-order valence-corrected chi connectivity index (χ2v) is 6.01. The molecule has 3 N–H and O–H groups in total. The average Bonchev–Trinajstić information content (AvgIpc) is 2.71. The third-order valence-corrected chi connectivity index (χ3v) is 4.06. The van der Waals surface area contributed by atoms with Crippen LogP contribution in [0.5, 0.6) is 5.75 Å². The van der Waals surface area contributed by atoms with Gasteiger partial charge in [0.25, 0.3) is 11.8 Å². The van der Waals surface area contributed by atoms with Crippen LogP contribution in [0.25, 0.3) is 11.1 Å². The number of hydrogen-bond acceptors (Lipinski definition) is 3. The van der Waals surface area contributed by atoms with E-state index in [9.17, 15) is 14.7 Å². The smallest absolute Gasteiger partial charge is 0.251 e. The number of rotatable bonds is 6. The number of aromatic hydroxyl groups is 1. The normalized spacial score (nSPS) is 10.2. The number of phenolic OH excluding ortho intramolecular Hbond substituents is 1. The van der Waals surface area contributed by atoms with Crippen molar-refractivity contribution in [1.82, 2.24) is 10.6 Å². The molecule has 0 saturated heterocycles. The highest BCUT2D eigenvalue weighted by atomic mass is 16.3. The van der Waals surface area contributed by atoms with Gasteiger partial charge >= 0.3 is 0 Å².